The molecule has 1 aromatic carbocycles. The first kappa shape index (κ1) is 13.7. The summed E-state index contributed by atoms with van der Waals surface area (Å²) in [5.41, 5.74) is 3.77. The molecular weight excluding hydrogens is 262 g/mol. The van der Waals surface area contributed by atoms with E-state index < -0.39 is 0 Å². The Morgan fingerprint density at radius 1 is 1.19 bits per heavy atom. The minimum Gasteiger partial charge on any atom is -0.333 e. The summed E-state index contributed by atoms with van der Waals surface area (Å²) in [6, 6.07) is 9.96. The van der Waals surface area contributed by atoms with Crippen LogP contribution in [0.25, 0.3) is 10.8 Å². The van der Waals surface area contributed by atoms with Gasteiger partial charge in [-0.05, 0) is 17.9 Å². The number of rotatable bonds is 5. The number of aryl methyl sites for hydroxylation is 1. The van der Waals surface area contributed by atoms with Crippen LogP contribution in [0.15, 0.2) is 48.9 Å². The van der Waals surface area contributed by atoms with E-state index in [1.165, 1.54) is 0 Å². The zero-order valence-corrected chi connectivity index (χ0v) is 12.0. The summed E-state index contributed by atoms with van der Waals surface area (Å²) < 4.78 is 2.12. The zero-order valence-electron chi connectivity index (χ0n) is 12.0. The maximum absolute atomic E-state index is 5.81. The first-order valence-electron chi connectivity index (χ1n) is 7.16. The molecule has 0 saturated carbocycles. The Labute approximate surface area is 123 Å². The van der Waals surface area contributed by atoms with Crippen molar-refractivity contribution < 1.29 is 0 Å². The number of hydrogen-bond donors (Lipinski definition) is 2. The van der Waals surface area contributed by atoms with Crippen molar-refractivity contribution >= 4 is 10.8 Å². The van der Waals surface area contributed by atoms with Crippen molar-refractivity contribution in [3.05, 3.63) is 60.4 Å². The van der Waals surface area contributed by atoms with E-state index in [0.29, 0.717) is 0 Å². The highest BCUT2D eigenvalue weighted by atomic mass is 15.3. The molecule has 3 rings (SSSR count). The number of nitrogens with zero attached hydrogens (tertiary/aromatic N) is 3. The zero-order chi connectivity index (χ0) is 14.7. The molecule has 0 fully saturated rings. The summed E-state index contributed by atoms with van der Waals surface area (Å²) in [5.74, 6) is 6.70. The molecule has 21 heavy (non-hydrogen) atoms. The highest BCUT2D eigenvalue weighted by Gasteiger charge is 2.21. The van der Waals surface area contributed by atoms with Crippen LogP contribution in [-0.2, 0) is 6.54 Å². The Kier molecular flexibility index (Phi) is 3.94. The van der Waals surface area contributed by atoms with Gasteiger partial charge in [-0.2, -0.15) is 0 Å². The lowest BCUT2D eigenvalue weighted by Gasteiger charge is -2.18. The molecule has 108 valence electrons. The number of imidazole rings is 1. The second kappa shape index (κ2) is 6.03. The van der Waals surface area contributed by atoms with Crippen molar-refractivity contribution in [2.24, 2.45) is 5.84 Å². The van der Waals surface area contributed by atoms with E-state index >= 15 is 0 Å². The molecule has 0 bridgehead atoms. The van der Waals surface area contributed by atoms with Gasteiger partial charge in [0.1, 0.15) is 11.9 Å². The molecule has 1 unspecified atom stereocenters. The Morgan fingerprint density at radius 3 is 2.86 bits per heavy atom. The van der Waals surface area contributed by atoms with Crippen LogP contribution >= 0.6 is 0 Å². The molecule has 0 aliphatic heterocycles. The molecule has 0 spiro atoms. The highest BCUT2D eigenvalue weighted by molar-refractivity contribution is 5.84. The van der Waals surface area contributed by atoms with Crippen LogP contribution < -0.4 is 11.3 Å². The average molecular weight is 281 g/mol. The van der Waals surface area contributed by atoms with Gasteiger partial charge in [-0.1, -0.05) is 31.2 Å². The molecular formula is C16H19N5. The normalized spacial score (nSPS) is 12.7. The van der Waals surface area contributed by atoms with Crippen LogP contribution in [0.2, 0.25) is 0 Å². The lowest BCUT2D eigenvalue weighted by molar-refractivity contribution is 0.539. The molecule has 3 N–H and O–H groups in total. The Bertz CT molecular complexity index is 729. The molecule has 5 nitrogen and oxygen atoms in total. The Hall–Kier alpha value is -2.24. The van der Waals surface area contributed by atoms with Gasteiger partial charge < -0.3 is 4.57 Å². The van der Waals surface area contributed by atoms with E-state index in [2.05, 4.69) is 39.0 Å². The number of nitrogens with one attached hydrogen (secondary N) is 1. The monoisotopic (exact) mass is 281 g/mol. The summed E-state index contributed by atoms with van der Waals surface area (Å²) in [4.78, 5) is 9.01. The number of benzene rings is 1. The van der Waals surface area contributed by atoms with Crippen molar-refractivity contribution in [3.8, 4) is 0 Å². The molecule has 2 aromatic heterocycles. The van der Waals surface area contributed by atoms with Crippen LogP contribution in [0.5, 0.6) is 0 Å². The number of aromatic nitrogens is 3. The van der Waals surface area contributed by atoms with Crippen LogP contribution in [0.3, 0.4) is 0 Å². The van der Waals surface area contributed by atoms with Crippen LogP contribution in [0, 0.1) is 0 Å². The van der Waals surface area contributed by atoms with Gasteiger partial charge in [0.2, 0.25) is 0 Å². The number of fused-ring (bicyclic) bond motifs is 1. The third-order valence-electron chi connectivity index (χ3n) is 3.61. The molecule has 0 amide bonds. The van der Waals surface area contributed by atoms with Crippen molar-refractivity contribution in [1.82, 2.24) is 20.0 Å². The minimum absolute atomic E-state index is 0.224. The quantitative estimate of drug-likeness (QED) is 0.556. The van der Waals surface area contributed by atoms with Crippen molar-refractivity contribution in [2.75, 3.05) is 0 Å². The Balaban J connectivity index is 2.12. The second-order valence-electron chi connectivity index (χ2n) is 5.00. The second-order valence-corrected chi connectivity index (χ2v) is 5.00. The number of hydrazine groups is 1. The minimum atomic E-state index is -0.224. The van der Waals surface area contributed by atoms with E-state index in [4.69, 9.17) is 5.84 Å². The van der Waals surface area contributed by atoms with E-state index in [0.717, 1.165) is 35.3 Å². The number of hydrogen-bond acceptors (Lipinski definition) is 4. The molecule has 2 heterocycles. The molecule has 0 aliphatic rings. The SMILES string of the molecule is CCCn1ccnc1C(NN)c1nccc2ccccc12. The van der Waals surface area contributed by atoms with Gasteiger partial charge in [0.25, 0.3) is 0 Å². The van der Waals surface area contributed by atoms with Crippen molar-refractivity contribution in [2.45, 2.75) is 25.9 Å². The van der Waals surface area contributed by atoms with Gasteiger partial charge >= 0.3 is 0 Å². The predicted octanol–water partition coefficient (Wildman–Crippen LogP) is 2.39. The highest BCUT2D eigenvalue weighted by Crippen LogP contribution is 2.25. The summed E-state index contributed by atoms with van der Waals surface area (Å²) >= 11 is 0. The van der Waals surface area contributed by atoms with Gasteiger partial charge in [-0.3, -0.25) is 10.8 Å². The fraction of sp³-hybridized carbons (Fsp3) is 0.250. The standard InChI is InChI=1S/C16H19N5/c1-2-10-21-11-9-19-16(21)15(20-17)14-13-6-4-3-5-12(13)7-8-18-14/h3-9,11,15,20H,2,10,17H2,1H3. The van der Waals surface area contributed by atoms with Gasteiger partial charge in [0, 0.05) is 30.5 Å². The first-order chi connectivity index (χ1) is 10.3. The van der Waals surface area contributed by atoms with Crippen LogP contribution in [0.1, 0.15) is 30.9 Å². The van der Waals surface area contributed by atoms with Gasteiger partial charge in [-0.15, -0.1) is 0 Å². The topological polar surface area (TPSA) is 68.8 Å². The summed E-state index contributed by atoms with van der Waals surface area (Å²) in [6.07, 6.45) is 6.65. The lowest BCUT2D eigenvalue weighted by atomic mass is 10.0. The van der Waals surface area contributed by atoms with Crippen LogP contribution in [0.4, 0.5) is 0 Å². The maximum atomic E-state index is 5.81. The summed E-state index contributed by atoms with van der Waals surface area (Å²) in [5, 5.41) is 2.24. The van der Waals surface area contributed by atoms with Crippen molar-refractivity contribution in [1.29, 1.82) is 0 Å². The van der Waals surface area contributed by atoms with Crippen molar-refractivity contribution in [3.63, 3.8) is 0 Å². The summed E-state index contributed by atoms with van der Waals surface area (Å²) in [7, 11) is 0. The van der Waals surface area contributed by atoms with Gasteiger partial charge in [0.15, 0.2) is 0 Å². The molecule has 0 radical (unpaired) electrons. The van der Waals surface area contributed by atoms with Gasteiger partial charge in [0.05, 0.1) is 5.69 Å². The smallest absolute Gasteiger partial charge is 0.133 e. The number of pyridine rings is 1. The largest absolute Gasteiger partial charge is 0.333 e. The Morgan fingerprint density at radius 2 is 2.05 bits per heavy atom. The molecule has 1 atom stereocenters. The van der Waals surface area contributed by atoms with E-state index in [1.54, 1.807) is 6.20 Å². The van der Waals surface area contributed by atoms with E-state index in [9.17, 15) is 0 Å². The van der Waals surface area contributed by atoms with E-state index in [-0.39, 0.29) is 6.04 Å². The summed E-state index contributed by atoms with van der Waals surface area (Å²) in [6.45, 7) is 3.06. The fourth-order valence-corrected chi connectivity index (χ4v) is 2.66. The average Bonchev–Trinajstić information content (AvgIpc) is 2.97. The third kappa shape index (κ3) is 2.53. The lowest BCUT2D eigenvalue weighted by Crippen LogP contribution is -2.32. The first-order valence-corrected chi connectivity index (χ1v) is 7.16. The third-order valence-corrected chi connectivity index (χ3v) is 3.61. The van der Waals surface area contributed by atoms with Gasteiger partial charge in [-0.25, -0.2) is 10.4 Å². The fourth-order valence-electron chi connectivity index (χ4n) is 2.66. The molecule has 0 saturated heterocycles. The molecule has 0 aliphatic carbocycles. The number of nitrogens with two attached hydrogens (primary N) is 1. The molecule has 5 heteroatoms. The van der Waals surface area contributed by atoms with E-state index in [1.807, 2.05) is 30.6 Å². The van der Waals surface area contributed by atoms with Crippen LogP contribution in [-0.4, -0.2) is 14.5 Å². The maximum Gasteiger partial charge on any atom is 0.133 e. The predicted molar refractivity (Wildman–Crippen MR) is 83.4 cm³/mol. The molecule has 3 aromatic rings.